The molecule has 0 atom stereocenters. The zero-order chi connectivity index (χ0) is 11.5. The van der Waals surface area contributed by atoms with E-state index in [1.807, 2.05) is 6.92 Å². The van der Waals surface area contributed by atoms with Crippen LogP contribution >= 0.6 is 0 Å². The number of hydrogen-bond donors (Lipinski definition) is 0. The summed E-state index contributed by atoms with van der Waals surface area (Å²) in [7, 11) is 0. The average Bonchev–Trinajstić information content (AvgIpc) is 2.52. The van der Waals surface area contributed by atoms with Crippen LogP contribution in [0.3, 0.4) is 0 Å². The average molecular weight is 221 g/mol. The second kappa shape index (κ2) is 4.41. The Hall–Kier alpha value is -1.40. The predicted octanol–water partition coefficient (Wildman–Crippen LogP) is 1.36. The monoisotopic (exact) mass is 221 g/mol. The van der Waals surface area contributed by atoms with Gasteiger partial charge in [-0.25, -0.2) is 9.67 Å². The van der Waals surface area contributed by atoms with Crippen LogP contribution in [0, 0.1) is 0 Å². The van der Waals surface area contributed by atoms with Crippen LogP contribution in [-0.4, -0.2) is 26.7 Å². The molecule has 1 heterocycles. The number of carbonyl (C=O) groups is 1. The highest BCUT2D eigenvalue weighted by Crippen LogP contribution is 2.17. The van der Waals surface area contributed by atoms with Gasteiger partial charge >= 0.3 is 6.18 Å². The fourth-order valence-electron chi connectivity index (χ4n) is 1.07. The fourth-order valence-corrected chi connectivity index (χ4v) is 1.07. The zero-order valence-corrected chi connectivity index (χ0v) is 8.08. The first-order valence-corrected chi connectivity index (χ1v) is 4.42. The molecule has 0 N–H and O–H groups in total. The zero-order valence-electron chi connectivity index (χ0n) is 8.08. The van der Waals surface area contributed by atoms with Crippen LogP contribution < -0.4 is 0 Å². The third-order valence-electron chi connectivity index (χ3n) is 1.77. The van der Waals surface area contributed by atoms with Gasteiger partial charge in [-0.15, -0.1) is 0 Å². The molecule has 7 heteroatoms. The number of halogens is 3. The number of carbonyl (C=O) groups excluding carboxylic acids is 1. The number of rotatable bonds is 4. The van der Waals surface area contributed by atoms with Crippen molar-refractivity contribution in [2.45, 2.75) is 32.5 Å². The lowest BCUT2D eigenvalue weighted by molar-refractivity contribution is -0.170. The summed E-state index contributed by atoms with van der Waals surface area (Å²) in [5, 5.41) is 3.73. The quantitative estimate of drug-likeness (QED) is 0.771. The summed E-state index contributed by atoms with van der Waals surface area (Å²) in [6.07, 6.45) is -3.68. The molecule has 1 aromatic heterocycles. The van der Waals surface area contributed by atoms with Crippen molar-refractivity contribution in [1.29, 1.82) is 0 Å². The normalized spacial score (nSPS) is 11.7. The molecule has 0 saturated carbocycles. The van der Waals surface area contributed by atoms with Crippen molar-refractivity contribution in [2.75, 3.05) is 0 Å². The lowest BCUT2D eigenvalue weighted by atomic mass is 10.2. The first-order valence-electron chi connectivity index (χ1n) is 4.42. The lowest BCUT2D eigenvalue weighted by Gasteiger charge is -2.05. The van der Waals surface area contributed by atoms with Gasteiger partial charge in [0, 0.05) is 6.54 Å². The lowest BCUT2D eigenvalue weighted by Crippen LogP contribution is -2.26. The first kappa shape index (κ1) is 11.7. The molecule has 0 unspecified atom stereocenters. The van der Waals surface area contributed by atoms with Crippen molar-refractivity contribution in [3.05, 3.63) is 12.2 Å². The van der Waals surface area contributed by atoms with Crippen LogP contribution in [0.25, 0.3) is 0 Å². The van der Waals surface area contributed by atoms with Gasteiger partial charge in [-0.1, -0.05) is 6.92 Å². The Balaban J connectivity index is 2.72. The summed E-state index contributed by atoms with van der Waals surface area (Å²) >= 11 is 0. The summed E-state index contributed by atoms with van der Waals surface area (Å²) in [6.45, 7) is 2.32. The molecule has 0 radical (unpaired) electrons. The van der Waals surface area contributed by atoms with Gasteiger partial charge in [0.1, 0.15) is 12.2 Å². The molecular weight excluding hydrogens is 211 g/mol. The predicted molar refractivity (Wildman–Crippen MR) is 45.1 cm³/mol. The molecule has 84 valence electrons. The molecule has 0 aliphatic heterocycles. The van der Waals surface area contributed by atoms with E-state index < -0.39 is 18.4 Å². The molecule has 0 bridgehead atoms. The van der Waals surface area contributed by atoms with E-state index in [9.17, 15) is 18.0 Å². The van der Waals surface area contributed by atoms with Crippen LogP contribution in [-0.2, 0) is 17.8 Å². The van der Waals surface area contributed by atoms with E-state index in [4.69, 9.17) is 0 Å². The molecule has 0 aliphatic carbocycles. The summed E-state index contributed by atoms with van der Waals surface area (Å²) in [4.78, 5) is 14.3. The largest absolute Gasteiger partial charge is 0.450 e. The van der Waals surface area contributed by atoms with Crippen LogP contribution in [0.1, 0.15) is 19.2 Å². The summed E-state index contributed by atoms with van der Waals surface area (Å²) in [5.41, 5.74) is 0. The summed E-state index contributed by atoms with van der Waals surface area (Å²) in [6, 6.07) is 0. The molecular formula is C8H10F3N3O. The number of nitrogens with zero attached hydrogens (tertiary/aromatic N) is 3. The Morgan fingerprint density at radius 3 is 2.73 bits per heavy atom. The second-order valence-electron chi connectivity index (χ2n) is 3.00. The molecule has 15 heavy (non-hydrogen) atoms. The standard InChI is InChI=1S/C8H10F3N3O/c1-2-3-14-7(12-5-13-14)4-6(15)8(9,10)11/h5H,2-4H2,1H3. The maximum atomic E-state index is 12.0. The molecule has 4 nitrogen and oxygen atoms in total. The Kier molecular flexibility index (Phi) is 3.43. The van der Waals surface area contributed by atoms with Gasteiger partial charge in [-0.05, 0) is 6.42 Å². The van der Waals surface area contributed by atoms with E-state index in [0.717, 1.165) is 12.7 Å². The Bertz CT molecular complexity index is 345. The first-order chi connectivity index (χ1) is 6.95. The van der Waals surface area contributed by atoms with Crippen molar-refractivity contribution in [2.24, 2.45) is 0 Å². The smallest absolute Gasteiger partial charge is 0.289 e. The van der Waals surface area contributed by atoms with Crippen molar-refractivity contribution in [1.82, 2.24) is 14.8 Å². The second-order valence-corrected chi connectivity index (χ2v) is 3.00. The number of hydrogen-bond acceptors (Lipinski definition) is 3. The molecule has 1 aromatic rings. The van der Waals surface area contributed by atoms with Gasteiger partial charge in [-0.2, -0.15) is 18.3 Å². The van der Waals surface area contributed by atoms with Crippen LogP contribution in [0.15, 0.2) is 6.33 Å². The highest BCUT2D eigenvalue weighted by molar-refractivity contribution is 5.85. The van der Waals surface area contributed by atoms with Crippen LogP contribution in [0.2, 0.25) is 0 Å². The maximum Gasteiger partial charge on any atom is 0.450 e. The molecule has 0 aliphatic rings. The van der Waals surface area contributed by atoms with Crippen molar-refractivity contribution in [3.8, 4) is 0 Å². The number of Topliss-reactive ketones (excluding diaryl/α,β-unsaturated/α-hetero) is 1. The Morgan fingerprint density at radius 1 is 1.53 bits per heavy atom. The van der Waals surface area contributed by atoms with Crippen LogP contribution in [0.4, 0.5) is 13.2 Å². The molecule has 0 amide bonds. The van der Waals surface area contributed by atoms with Gasteiger partial charge in [0.25, 0.3) is 0 Å². The third kappa shape index (κ3) is 3.03. The third-order valence-corrected chi connectivity index (χ3v) is 1.77. The van der Waals surface area contributed by atoms with Gasteiger partial charge < -0.3 is 0 Å². The molecule has 0 saturated heterocycles. The van der Waals surface area contributed by atoms with E-state index >= 15 is 0 Å². The van der Waals surface area contributed by atoms with Crippen molar-refractivity contribution >= 4 is 5.78 Å². The number of alkyl halides is 3. The molecule has 0 aromatic carbocycles. The van der Waals surface area contributed by atoms with E-state index in [2.05, 4.69) is 10.1 Å². The highest BCUT2D eigenvalue weighted by atomic mass is 19.4. The topological polar surface area (TPSA) is 47.8 Å². The fraction of sp³-hybridized carbons (Fsp3) is 0.625. The Morgan fingerprint density at radius 2 is 2.20 bits per heavy atom. The maximum absolute atomic E-state index is 12.0. The van der Waals surface area contributed by atoms with Crippen molar-refractivity contribution < 1.29 is 18.0 Å². The molecule has 1 rings (SSSR count). The van der Waals surface area contributed by atoms with E-state index in [-0.39, 0.29) is 5.82 Å². The van der Waals surface area contributed by atoms with E-state index in [0.29, 0.717) is 6.54 Å². The summed E-state index contributed by atoms with van der Waals surface area (Å²) in [5.74, 6) is -1.74. The van der Waals surface area contributed by atoms with E-state index in [1.165, 1.54) is 4.68 Å². The minimum absolute atomic E-state index is 0.0548. The number of aromatic nitrogens is 3. The summed E-state index contributed by atoms with van der Waals surface area (Å²) < 4.78 is 37.2. The SMILES string of the molecule is CCCn1ncnc1CC(=O)C(F)(F)F. The van der Waals surface area contributed by atoms with Gasteiger partial charge in [0.05, 0.1) is 6.42 Å². The van der Waals surface area contributed by atoms with Crippen LogP contribution in [0.5, 0.6) is 0 Å². The molecule has 0 fully saturated rings. The van der Waals surface area contributed by atoms with E-state index in [1.54, 1.807) is 0 Å². The van der Waals surface area contributed by atoms with Gasteiger partial charge in [0.15, 0.2) is 0 Å². The minimum atomic E-state index is -4.80. The minimum Gasteiger partial charge on any atom is -0.289 e. The number of ketones is 1. The number of aryl methyl sites for hydroxylation is 1. The van der Waals surface area contributed by atoms with Crippen molar-refractivity contribution in [3.63, 3.8) is 0 Å². The van der Waals surface area contributed by atoms with Gasteiger partial charge in [0.2, 0.25) is 5.78 Å². The van der Waals surface area contributed by atoms with Gasteiger partial charge in [-0.3, -0.25) is 4.79 Å². The Labute approximate surface area is 84.1 Å². The highest BCUT2D eigenvalue weighted by Gasteiger charge is 2.38. The molecule has 0 spiro atoms.